The number of para-hydroxylation sites is 1. The second-order valence-corrected chi connectivity index (χ2v) is 1.72. The maximum atomic E-state index is 4.42. The van der Waals surface area contributed by atoms with Crippen LogP contribution in [0.1, 0.15) is 13.8 Å². The molecule has 0 saturated heterocycles. The van der Waals surface area contributed by atoms with Crippen LogP contribution in [0.15, 0.2) is 35.3 Å². The van der Waals surface area contributed by atoms with Gasteiger partial charge in [0.2, 0.25) is 0 Å². The molecule has 0 N–H and O–H groups in total. The largest absolute Gasteiger partial charge is 0.195 e. The molecule has 58 valence electrons. The third-order valence-corrected chi connectivity index (χ3v) is 1.02. The van der Waals surface area contributed by atoms with Crippen LogP contribution in [0, 0.1) is 0 Å². The number of nitrogens with zero attached hydrogens (tertiary/aromatic N) is 1. The molecule has 0 radical (unpaired) electrons. The van der Waals surface area contributed by atoms with E-state index in [0.29, 0.717) is 0 Å². The van der Waals surface area contributed by atoms with E-state index in [1.54, 1.807) is 0 Å². The maximum absolute atomic E-state index is 4.42. The van der Waals surface area contributed by atoms with E-state index in [9.17, 15) is 0 Å². The lowest BCUT2D eigenvalue weighted by Crippen LogP contribution is -1.58. The Morgan fingerprint density at radius 3 is 2.18 bits per heavy atom. The zero-order valence-corrected chi connectivity index (χ0v) is 7.56. The average molecular weight is 165 g/mol. The quantitative estimate of drug-likeness (QED) is 0.458. The molecular weight excluding hydrogens is 154 g/mol. The van der Waals surface area contributed by atoms with Crippen LogP contribution in [-0.4, -0.2) is 5.16 Å². The highest BCUT2D eigenvalue weighted by molar-refractivity contribution is 7.78. The number of rotatable bonds is 1. The third kappa shape index (κ3) is 4.43. The van der Waals surface area contributed by atoms with Gasteiger partial charge in [-0.3, -0.25) is 0 Å². The molecule has 0 unspecified atom stereocenters. The lowest BCUT2D eigenvalue weighted by molar-refractivity contribution is 1.50. The topological polar surface area (TPSA) is 12.4 Å². The van der Waals surface area contributed by atoms with E-state index in [1.165, 1.54) is 0 Å². The van der Waals surface area contributed by atoms with Gasteiger partial charge in [-0.05, 0) is 24.4 Å². The number of hydrogen-bond acceptors (Lipinski definition) is 2. The Balaban J connectivity index is 0.000000461. The van der Waals surface area contributed by atoms with Crippen molar-refractivity contribution in [3.05, 3.63) is 30.3 Å². The van der Waals surface area contributed by atoms with Crippen LogP contribution >= 0.6 is 12.2 Å². The van der Waals surface area contributed by atoms with Gasteiger partial charge in [0, 0.05) is 0 Å². The summed E-state index contributed by atoms with van der Waals surface area (Å²) in [5.41, 5.74) is 0.854. The highest BCUT2D eigenvalue weighted by atomic mass is 32.1. The zero-order valence-electron chi connectivity index (χ0n) is 6.74. The van der Waals surface area contributed by atoms with Crippen molar-refractivity contribution in [3.63, 3.8) is 0 Å². The summed E-state index contributed by atoms with van der Waals surface area (Å²) in [6.07, 6.45) is 0. The van der Waals surface area contributed by atoms with Gasteiger partial charge in [-0.25, -0.2) is 0 Å². The fourth-order valence-corrected chi connectivity index (χ4v) is 0.661. The van der Waals surface area contributed by atoms with Crippen molar-refractivity contribution in [1.29, 1.82) is 0 Å². The SMILES string of the molecule is CC.S=C=Nc1ccccc1. The molecule has 1 nitrogen and oxygen atoms in total. The molecule has 0 heterocycles. The summed E-state index contributed by atoms with van der Waals surface area (Å²) in [6.45, 7) is 4.00. The van der Waals surface area contributed by atoms with Gasteiger partial charge in [-0.1, -0.05) is 32.0 Å². The number of thiocarbonyl (C=S) groups is 1. The van der Waals surface area contributed by atoms with Crippen molar-refractivity contribution in [2.45, 2.75) is 13.8 Å². The normalized spacial score (nSPS) is 7.09. The molecule has 1 rings (SSSR count). The first-order valence-electron chi connectivity index (χ1n) is 3.56. The number of benzene rings is 1. The van der Waals surface area contributed by atoms with E-state index < -0.39 is 0 Å². The Kier molecular flexibility index (Phi) is 6.50. The predicted molar refractivity (Wildman–Crippen MR) is 52.5 cm³/mol. The van der Waals surface area contributed by atoms with Crippen LogP contribution < -0.4 is 0 Å². The summed E-state index contributed by atoms with van der Waals surface area (Å²) in [5.74, 6) is 0. The molecule has 0 aliphatic rings. The Morgan fingerprint density at radius 1 is 1.18 bits per heavy atom. The second kappa shape index (κ2) is 7.13. The smallest absolute Gasteiger partial charge is 0.0739 e. The first-order valence-corrected chi connectivity index (χ1v) is 3.97. The minimum atomic E-state index is 0.854. The van der Waals surface area contributed by atoms with E-state index >= 15 is 0 Å². The molecule has 0 aliphatic carbocycles. The number of aliphatic imine (C=N–C) groups is 1. The summed E-state index contributed by atoms with van der Waals surface area (Å²) in [7, 11) is 0. The molecule has 0 aliphatic heterocycles. The van der Waals surface area contributed by atoms with Gasteiger partial charge in [0.1, 0.15) is 0 Å². The molecule has 0 aromatic heterocycles. The molecule has 1 aromatic carbocycles. The molecule has 0 fully saturated rings. The van der Waals surface area contributed by atoms with Crippen LogP contribution in [0.2, 0.25) is 0 Å². The van der Waals surface area contributed by atoms with Crippen molar-refractivity contribution in [3.8, 4) is 0 Å². The molecule has 0 spiro atoms. The molecule has 0 amide bonds. The lowest BCUT2D eigenvalue weighted by Gasteiger charge is -1.83. The third-order valence-electron chi connectivity index (χ3n) is 0.931. The van der Waals surface area contributed by atoms with Crippen LogP contribution in [0.25, 0.3) is 0 Å². The van der Waals surface area contributed by atoms with Crippen molar-refractivity contribution in [2.75, 3.05) is 0 Å². The van der Waals surface area contributed by atoms with Crippen LogP contribution in [0.5, 0.6) is 0 Å². The van der Waals surface area contributed by atoms with E-state index in [1.807, 2.05) is 44.2 Å². The van der Waals surface area contributed by atoms with Crippen LogP contribution in [0.3, 0.4) is 0 Å². The van der Waals surface area contributed by atoms with Gasteiger partial charge in [0.05, 0.1) is 10.8 Å². The first-order chi connectivity index (χ1) is 5.43. The van der Waals surface area contributed by atoms with Crippen LogP contribution in [-0.2, 0) is 0 Å². The fourth-order valence-electron chi connectivity index (χ4n) is 0.555. The second-order valence-electron chi connectivity index (χ2n) is 1.54. The van der Waals surface area contributed by atoms with Gasteiger partial charge in [0.15, 0.2) is 0 Å². The first kappa shape index (κ1) is 10.0. The number of isothiocyanates is 1. The van der Waals surface area contributed by atoms with Crippen molar-refractivity contribution < 1.29 is 0 Å². The summed E-state index contributed by atoms with van der Waals surface area (Å²) >= 11 is 4.42. The lowest BCUT2D eigenvalue weighted by atomic mass is 10.3. The maximum Gasteiger partial charge on any atom is 0.0739 e. The highest BCUT2D eigenvalue weighted by Crippen LogP contribution is 2.07. The Labute approximate surface area is 72.8 Å². The fraction of sp³-hybridized carbons (Fsp3) is 0.222. The van der Waals surface area contributed by atoms with E-state index in [2.05, 4.69) is 22.4 Å². The van der Waals surface area contributed by atoms with Gasteiger partial charge in [0.25, 0.3) is 0 Å². The Bertz CT molecular complexity index is 225. The van der Waals surface area contributed by atoms with Gasteiger partial charge < -0.3 is 0 Å². The Morgan fingerprint density at radius 2 is 1.73 bits per heavy atom. The van der Waals surface area contributed by atoms with Crippen molar-refractivity contribution in [1.82, 2.24) is 0 Å². The molecule has 1 aromatic rings. The van der Waals surface area contributed by atoms with Crippen molar-refractivity contribution in [2.24, 2.45) is 4.99 Å². The molecule has 11 heavy (non-hydrogen) atoms. The zero-order chi connectivity index (χ0) is 8.53. The summed E-state index contributed by atoms with van der Waals surface area (Å²) in [4.78, 5) is 3.77. The predicted octanol–water partition coefficient (Wildman–Crippen LogP) is 3.45. The van der Waals surface area contributed by atoms with Gasteiger partial charge in [-0.15, -0.1) is 0 Å². The minimum Gasteiger partial charge on any atom is -0.195 e. The molecular formula is C9H11NS. The van der Waals surface area contributed by atoms with E-state index in [0.717, 1.165) is 5.69 Å². The molecule has 0 saturated carbocycles. The average Bonchev–Trinajstić information content (AvgIpc) is 2.11. The summed E-state index contributed by atoms with van der Waals surface area (Å²) < 4.78 is 0. The molecule has 2 heteroatoms. The van der Waals surface area contributed by atoms with E-state index in [4.69, 9.17) is 0 Å². The highest BCUT2D eigenvalue weighted by Gasteiger charge is 1.79. The van der Waals surface area contributed by atoms with Gasteiger partial charge in [-0.2, -0.15) is 4.99 Å². The van der Waals surface area contributed by atoms with Crippen molar-refractivity contribution >= 4 is 23.1 Å². The summed E-state index contributed by atoms with van der Waals surface area (Å²) in [6, 6.07) is 9.50. The minimum absolute atomic E-state index is 0.854. The molecule has 0 atom stereocenters. The number of hydrogen-bond donors (Lipinski definition) is 0. The molecule has 0 bridgehead atoms. The van der Waals surface area contributed by atoms with E-state index in [-0.39, 0.29) is 0 Å². The monoisotopic (exact) mass is 165 g/mol. The summed E-state index contributed by atoms with van der Waals surface area (Å²) in [5, 5.41) is 2.29. The van der Waals surface area contributed by atoms with Crippen LogP contribution in [0.4, 0.5) is 5.69 Å². The standard InChI is InChI=1S/C7H5NS.C2H6/c9-6-8-7-4-2-1-3-5-7;1-2/h1-5H;1-2H3. The van der Waals surface area contributed by atoms with Gasteiger partial charge >= 0.3 is 0 Å². The Hall–Kier alpha value is -0.980.